The largest absolute Gasteiger partial charge is 0.480 e. The molecule has 0 bridgehead atoms. The molecular formula is C10H17NO4S. The molecule has 1 saturated carbocycles. The van der Waals surface area contributed by atoms with E-state index >= 15 is 0 Å². The average molecular weight is 247 g/mol. The fourth-order valence-electron chi connectivity index (χ4n) is 2.70. The molecule has 0 amide bonds. The molecule has 0 spiro atoms. The van der Waals surface area contributed by atoms with E-state index < -0.39 is 21.8 Å². The van der Waals surface area contributed by atoms with Crippen LogP contribution in [0.15, 0.2) is 0 Å². The zero-order chi connectivity index (χ0) is 11.8. The summed E-state index contributed by atoms with van der Waals surface area (Å²) in [5.41, 5.74) is 0. The van der Waals surface area contributed by atoms with Crippen LogP contribution < -0.4 is 5.32 Å². The average Bonchev–Trinajstić information content (AvgIpc) is 2.42. The summed E-state index contributed by atoms with van der Waals surface area (Å²) in [5.74, 6) is -1.32. The van der Waals surface area contributed by atoms with Gasteiger partial charge in [0.2, 0.25) is 0 Å². The van der Waals surface area contributed by atoms with Crippen LogP contribution in [0.5, 0.6) is 0 Å². The molecule has 0 aromatic heterocycles. The third-order valence-corrected chi connectivity index (χ3v) is 5.81. The van der Waals surface area contributed by atoms with E-state index in [1.165, 1.54) is 0 Å². The van der Waals surface area contributed by atoms with E-state index in [2.05, 4.69) is 5.32 Å². The lowest BCUT2D eigenvalue weighted by molar-refractivity contribution is -0.139. The Balaban J connectivity index is 2.23. The number of carboxylic acid groups (broad SMARTS) is 1. The van der Waals surface area contributed by atoms with Crippen molar-refractivity contribution in [1.82, 2.24) is 5.32 Å². The van der Waals surface area contributed by atoms with E-state index in [1.807, 2.05) is 0 Å². The Morgan fingerprint density at radius 3 is 2.56 bits per heavy atom. The monoisotopic (exact) mass is 247 g/mol. The molecule has 2 aliphatic rings. The van der Waals surface area contributed by atoms with Crippen molar-refractivity contribution in [3.05, 3.63) is 0 Å². The molecule has 1 aliphatic carbocycles. The molecule has 16 heavy (non-hydrogen) atoms. The van der Waals surface area contributed by atoms with Crippen molar-refractivity contribution in [2.75, 3.05) is 5.75 Å². The van der Waals surface area contributed by atoms with Crippen LogP contribution in [-0.4, -0.2) is 42.6 Å². The van der Waals surface area contributed by atoms with Crippen LogP contribution in [0.4, 0.5) is 0 Å². The van der Waals surface area contributed by atoms with Crippen LogP contribution in [0.2, 0.25) is 0 Å². The SMILES string of the molecule is O=C(O)C1CS(=O)(=O)C2CCCCCC2N1. The van der Waals surface area contributed by atoms with Gasteiger partial charge in [-0.1, -0.05) is 19.3 Å². The molecule has 0 radical (unpaired) electrons. The molecule has 6 heteroatoms. The number of nitrogens with one attached hydrogen (secondary N) is 1. The van der Waals surface area contributed by atoms with E-state index in [9.17, 15) is 13.2 Å². The first-order valence-corrected chi connectivity index (χ1v) is 7.42. The summed E-state index contributed by atoms with van der Waals surface area (Å²) < 4.78 is 24.0. The Morgan fingerprint density at radius 2 is 1.88 bits per heavy atom. The van der Waals surface area contributed by atoms with Gasteiger partial charge >= 0.3 is 5.97 Å². The summed E-state index contributed by atoms with van der Waals surface area (Å²) in [7, 11) is -3.24. The minimum absolute atomic E-state index is 0.164. The number of aliphatic carboxylic acids is 1. The Bertz CT molecular complexity index is 378. The number of fused-ring (bicyclic) bond motifs is 1. The molecule has 5 nitrogen and oxygen atoms in total. The van der Waals surface area contributed by atoms with Gasteiger partial charge in [-0.25, -0.2) is 8.42 Å². The minimum Gasteiger partial charge on any atom is -0.480 e. The molecule has 2 fully saturated rings. The van der Waals surface area contributed by atoms with Crippen molar-refractivity contribution in [3.8, 4) is 0 Å². The quantitative estimate of drug-likeness (QED) is 0.689. The maximum Gasteiger partial charge on any atom is 0.321 e. The smallest absolute Gasteiger partial charge is 0.321 e. The van der Waals surface area contributed by atoms with Crippen LogP contribution in [-0.2, 0) is 14.6 Å². The van der Waals surface area contributed by atoms with Crippen molar-refractivity contribution >= 4 is 15.8 Å². The second-order valence-corrected chi connectivity index (χ2v) is 6.93. The van der Waals surface area contributed by atoms with Crippen molar-refractivity contribution in [1.29, 1.82) is 0 Å². The highest BCUT2D eigenvalue weighted by Crippen LogP contribution is 2.27. The third kappa shape index (κ3) is 2.22. The predicted molar refractivity (Wildman–Crippen MR) is 59.0 cm³/mol. The second-order valence-electron chi connectivity index (χ2n) is 4.67. The molecule has 1 heterocycles. The van der Waals surface area contributed by atoms with Crippen molar-refractivity contribution in [2.45, 2.75) is 49.4 Å². The highest BCUT2D eigenvalue weighted by Gasteiger charge is 2.43. The fourth-order valence-corrected chi connectivity index (χ4v) is 4.89. The lowest BCUT2D eigenvalue weighted by Crippen LogP contribution is -2.59. The van der Waals surface area contributed by atoms with Crippen LogP contribution >= 0.6 is 0 Å². The van der Waals surface area contributed by atoms with E-state index in [0.29, 0.717) is 6.42 Å². The molecule has 1 aliphatic heterocycles. The van der Waals surface area contributed by atoms with Crippen LogP contribution in [0, 0.1) is 0 Å². The molecular weight excluding hydrogens is 230 g/mol. The van der Waals surface area contributed by atoms with Gasteiger partial charge < -0.3 is 5.11 Å². The molecule has 3 atom stereocenters. The highest BCUT2D eigenvalue weighted by molar-refractivity contribution is 7.92. The van der Waals surface area contributed by atoms with Gasteiger partial charge in [-0.05, 0) is 12.8 Å². The Hall–Kier alpha value is -0.620. The summed E-state index contributed by atoms with van der Waals surface area (Å²) in [6.45, 7) is 0. The number of rotatable bonds is 1. The third-order valence-electron chi connectivity index (χ3n) is 3.53. The normalized spacial score (nSPS) is 38.4. The van der Waals surface area contributed by atoms with Gasteiger partial charge in [0.25, 0.3) is 0 Å². The van der Waals surface area contributed by atoms with E-state index in [1.54, 1.807) is 0 Å². The molecule has 2 N–H and O–H groups in total. The molecule has 1 saturated heterocycles. The lowest BCUT2D eigenvalue weighted by atomic mass is 10.1. The zero-order valence-electron chi connectivity index (χ0n) is 9.05. The van der Waals surface area contributed by atoms with Gasteiger partial charge in [0, 0.05) is 6.04 Å². The van der Waals surface area contributed by atoms with Crippen molar-refractivity contribution in [2.24, 2.45) is 0 Å². The zero-order valence-corrected chi connectivity index (χ0v) is 9.87. The maximum atomic E-state index is 12.0. The maximum absolute atomic E-state index is 12.0. The standard InChI is InChI=1S/C10H17NO4S/c12-10(13)8-6-16(14,15)9-5-3-1-2-4-7(9)11-8/h7-9,11H,1-6H2,(H,12,13). The second kappa shape index (κ2) is 4.33. The number of hydrogen-bond acceptors (Lipinski definition) is 4. The van der Waals surface area contributed by atoms with E-state index in [0.717, 1.165) is 25.7 Å². The summed E-state index contributed by atoms with van der Waals surface area (Å²) in [5, 5.41) is 11.5. The summed E-state index contributed by atoms with van der Waals surface area (Å²) >= 11 is 0. The Morgan fingerprint density at radius 1 is 1.19 bits per heavy atom. The Labute approximate surface area is 95.1 Å². The first kappa shape index (κ1) is 11.9. The highest BCUT2D eigenvalue weighted by atomic mass is 32.2. The van der Waals surface area contributed by atoms with Gasteiger partial charge in [-0.2, -0.15) is 0 Å². The first-order chi connectivity index (χ1) is 7.50. The van der Waals surface area contributed by atoms with E-state index in [-0.39, 0.29) is 17.0 Å². The summed E-state index contributed by atoms with van der Waals surface area (Å²) in [4.78, 5) is 10.9. The van der Waals surface area contributed by atoms with Crippen molar-refractivity contribution < 1.29 is 18.3 Å². The number of carbonyl (C=O) groups is 1. The predicted octanol–water partition coefficient (Wildman–Crippen LogP) is 0.159. The molecule has 0 aromatic carbocycles. The number of sulfone groups is 1. The van der Waals surface area contributed by atoms with Crippen LogP contribution in [0.1, 0.15) is 32.1 Å². The van der Waals surface area contributed by atoms with Gasteiger partial charge in [0.05, 0.1) is 11.0 Å². The molecule has 2 rings (SSSR count). The summed E-state index contributed by atoms with van der Waals surface area (Å²) in [6, 6.07) is -1.09. The van der Waals surface area contributed by atoms with Gasteiger partial charge in [-0.3, -0.25) is 10.1 Å². The van der Waals surface area contributed by atoms with Gasteiger partial charge in [-0.15, -0.1) is 0 Å². The molecule has 3 unspecified atom stereocenters. The summed E-state index contributed by atoms with van der Waals surface area (Å²) in [6.07, 6.45) is 4.40. The minimum atomic E-state index is -3.24. The van der Waals surface area contributed by atoms with Gasteiger partial charge in [0.1, 0.15) is 6.04 Å². The van der Waals surface area contributed by atoms with Gasteiger partial charge in [0.15, 0.2) is 9.84 Å². The number of hydrogen-bond donors (Lipinski definition) is 2. The lowest BCUT2D eigenvalue weighted by Gasteiger charge is -2.34. The van der Waals surface area contributed by atoms with Crippen LogP contribution in [0.3, 0.4) is 0 Å². The van der Waals surface area contributed by atoms with Crippen LogP contribution in [0.25, 0.3) is 0 Å². The first-order valence-electron chi connectivity index (χ1n) is 5.71. The van der Waals surface area contributed by atoms with Crippen molar-refractivity contribution in [3.63, 3.8) is 0 Å². The topological polar surface area (TPSA) is 83.5 Å². The molecule has 92 valence electrons. The number of carboxylic acids is 1. The Kier molecular flexibility index (Phi) is 3.21. The molecule has 0 aromatic rings. The fraction of sp³-hybridized carbons (Fsp3) is 0.900. The van der Waals surface area contributed by atoms with E-state index in [4.69, 9.17) is 5.11 Å².